The molecule has 1 aromatic carbocycles. The zero-order valence-electron chi connectivity index (χ0n) is 7.73. The molecule has 1 aromatic rings. The lowest BCUT2D eigenvalue weighted by molar-refractivity contribution is 0.00312. The van der Waals surface area contributed by atoms with Gasteiger partial charge < -0.3 is 9.84 Å². The molecule has 1 aliphatic rings. The van der Waals surface area contributed by atoms with Crippen LogP contribution in [0.25, 0.3) is 0 Å². The second kappa shape index (κ2) is 3.79. The average molecular weight is 189 g/mol. The van der Waals surface area contributed by atoms with Gasteiger partial charge in [-0.25, -0.2) is 0 Å². The van der Waals surface area contributed by atoms with Gasteiger partial charge in [-0.1, -0.05) is 12.1 Å². The van der Waals surface area contributed by atoms with Gasteiger partial charge in [-0.3, -0.25) is 0 Å². The van der Waals surface area contributed by atoms with Crippen molar-refractivity contribution >= 4 is 0 Å². The number of nitriles is 1. The Morgan fingerprint density at radius 3 is 3.14 bits per heavy atom. The van der Waals surface area contributed by atoms with E-state index in [0.29, 0.717) is 12.2 Å². The molecule has 0 saturated carbocycles. The monoisotopic (exact) mass is 189 g/mol. The van der Waals surface area contributed by atoms with Crippen LogP contribution in [0.4, 0.5) is 0 Å². The Hall–Kier alpha value is -1.37. The fraction of sp³-hybridized carbons (Fsp3) is 0.364. The number of nitrogens with zero attached hydrogens (tertiary/aromatic N) is 1. The number of aliphatic hydroxyl groups is 1. The molecule has 3 heteroatoms. The smallest absolute Gasteiger partial charge is 0.106 e. The molecule has 3 nitrogen and oxygen atoms in total. The molecule has 1 atom stereocenters. The fourth-order valence-electron chi connectivity index (χ4n) is 1.83. The van der Waals surface area contributed by atoms with Gasteiger partial charge in [0.2, 0.25) is 0 Å². The molecule has 0 fully saturated rings. The van der Waals surface area contributed by atoms with Crippen LogP contribution in [0.3, 0.4) is 0 Å². The SMILES string of the molecule is N#Cc1cccc2c1CCO[C@H]2CO. The minimum atomic E-state index is -0.257. The van der Waals surface area contributed by atoms with Crippen molar-refractivity contribution in [2.24, 2.45) is 0 Å². The van der Waals surface area contributed by atoms with Crippen LogP contribution in [0, 0.1) is 11.3 Å². The largest absolute Gasteiger partial charge is 0.393 e. The summed E-state index contributed by atoms with van der Waals surface area (Å²) < 4.78 is 5.39. The van der Waals surface area contributed by atoms with Crippen molar-refractivity contribution in [3.63, 3.8) is 0 Å². The molecular formula is C11H11NO2. The van der Waals surface area contributed by atoms with Crippen LogP contribution < -0.4 is 0 Å². The van der Waals surface area contributed by atoms with Gasteiger partial charge in [0.25, 0.3) is 0 Å². The minimum Gasteiger partial charge on any atom is -0.393 e. The average Bonchev–Trinajstić information content (AvgIpc) is 2.27. The van der Waals surface area contributed by atoms with Crippen molar-refractivity contribution in [1.29, 1.82) is 5.26 Å². The molecule has 1 aliphatic heterocycles. The van der Waals surface area contributed by atoms with Crippen molar-refractivity contribution in [2.45, 2.75) is 12.5 Å². The molecule has 1 N–H and O–H groups in total. The third-order valence-electron chi connectivity index (χ3n) is 2.52. The van der Waals surface area contributed by atoms with Crippen LogP contribution in [0.15, 0.2) is 18.2 Å². The third-order valence-corrected chi connectivity index (χ3v) is 2.52. The van der Waals surface area contributed by atoms with E-state index in [2.05, 4.69) is 6.07 Å². The minimum absolute atomic E-state index is 0.0259. The van der Waals surface area contributed by atoms with E-state index in [4.69, 9.17) is 15.1 Å². The van der Waals surface area contributed by atoms with Gasteiger partial charge in [-0.2, -0.15) is 5.26 Å². The number of hydrogen-bond acceptors (Lipinski definition) is 3. The predicted molar refractivity (Wildman–Crippen MR) is 50.6 cm³/mol. The Bertz CT molecular complexity index is 381. The molecule has 0 unspecified atom stereocenters. The van der Waals surface area contributed by atoms with Gasteiger partial charge in [0, 0.05) is 0 Å². The third kappa shape index (κ3) is 1.39. The summed E-state index contributed by atoms with van der Waals surface area (Å²) in [5.41, 5.74) is 2.68. The maximum atomic E-state index is 9.09. The Labute approximate surface area is 82.6 Å². The number of fused-ring (bicyclic) bond motifs is 1. The lowest BCUT2D eigenvalue weighted by atomic mass is 9.94. The summed E-state index contributed by atoms with van der Waals surface area (Å²) in [4.78, 5) is 0. The molecule has 0 spiro atoms. The fourth-order valence-corrected chi connectivity index (χ4v) is 1.83. The van der Waals surface area contributed by atoms with Crippen LogP contribution in [0.2, 0.25) is 0 Å². The van der Waals surface area contributed by atoms with Crippen LogP contribution in [0.5, 0.6) is 0 Å². The van der Waals surface area contributed by atoms with Gasteiger partial charge in [-0.05, 0) is 23.6 Å². The Balaban J connectivity index is 2.50. The van der Waals surface area contributed by atoms with Crippen LogP contribution >= 0.6 is 0 Å². The van der Waals surface area contributed by atoms with Gasteiger partial charge in [0.05, 0.1) is 24.8 Å². The highest BCUT2D eigenvalue weighted by Gasteiger charge is 2.21. The molecule has 0 aliphatic carbocycles. The van der Waals surface area contributed by atoms with Crippen molar-refractivity contribution in [2.75, 3.05) is 13.2 Å². The van der Waals surface area contributed by atoms with Crippen molar-refractivity contribution in [3.05, 3.63) is 34.9 Å². The number of ether oxygens (including phenoxy) is 1. The first-order chi connectivity index (χ1) is 6.86. The quantitative estimate of drug-likeness (QED) is 0.721. The number of benzene rings is 1. The molecule has 0 amide bonds. The molecule has 0 saturated heterocycles. The zero-order chi connectivity index (χ0) is 9.97. The topological polar surface area (TPSA) is 53.2 Å². The van der Waals surface area contributed by atoms with Crippen molar-refractivity contribution in [3.8, 4) is 6.07 Å². The summed E-state index contributed by atoms with van der Waals surface area (Å²) in [6.07, 6.45) is 0.502. The molecule has 0 bridgehead atoms. The summed E-state index contributed by atoms with van der Waals surface area (Å²) >= 11 is 0. The van der Waals surface area contributed by atoms with Gasteiger partial charge >= 0.3 is 0 Å². The molecular weight excluding hydrogens is 178 g/mol. The maximum absolute atomic E-state index is 9.09. The predicted octanol–water partition coefficient (Wildman–Crippen LogP) is 1.16. The standard InChI is InChI=1S/C11H11NO2/c12-6-8-2-1-3-10-9(8)4-5-14-11(10)7-13/h1-3,11,13H,4-5,7H2/t11-/m0/s1. The highest BCUT2D eigenvalue weighted by Crippen LogP contribution is 2.28. The van der Waals surface area contributed by atoms with E-state index in [1.165, 1.54) is 0 Å². The van der Waals surface area contributed by atoms with Crippen LogP contribution in [0.1, 0.15) is 22.8 Å². The van der Waals surface area contributed by atoms with E-state index in [-0.39, 0.29) is 12.7 Å². The number of hydrogen-bond donors (Lipinski definition) is 1. The summed E-state index contributed by atoms with van der Waals surface area (Å²) in [5.74, 6) is 0. The van der Waals surface area contributed by atoms with Crippen LogP contribution in [-0.4, -0.2) is 18.3 Å². The van der Waals surface area contributed by atoms with E-state index in [1.54, 1.807) is 6.07 Å². The first kappa shape index (κ1) is 9.20. The lowest BCUT2D eigenvalue weighted by Crippen LogP contribution is -2.19. The maximum Gasteiger partial charge on any atom is 0.106 e. The molecule has 2 rings (SSSR count). The van der Waals surface area contributed by atoms with Crippen LogP contribution in [-0.2, 0) is 11.2 Å². The molecule has 1 heterocycles. The van der Waals surface area contributed by atoms with E-state index in [9.17, 15) is 0 Å². The summed E-state index contributed by atoms with van der Waals surface area (Å²) in [7, 11) is 0. The first-order valence-electron chi connectivity index (χ1n) is 4.61. The molecule has 72 valence electrons. The second-order valence-electron chi connectivity index (χ2n) is 3.28. The highest BCUT2D eigenvalue weighted by molar-refractivity contribution is 5.44. The van der Waals surface area contributed by atoms with E-state index in [1.807, 2.05) is 12.1 Å². The van der Waals surface area contributed by atoms with Gasteiger partial charge in [-0.15, -0.1) is 0 Å². The summed E-state index contributed by atoms with van der Waals surface area (Å²) in [6.45, 7) is 0.554. The van der Waals surface area contributed by atoms with Crippen molar-refractivity contribution in [1.82, 2.24) is 0 Å². The number of aliphatic hydroxyl groups excluding tert-OH is 1. The number of rotatable bonds is 1. The molecule has 0 aromatic heterocycles. The van der Waals surface area contributed by atoms with E-state index < -0.39 is 0 Å². The lowest BCUT2D eigenvalue weighted by Gasteiger charge is -2.25. The first-order valence-corrected chi connectivity index (χ1v) is 4.61. The zero-order valence-corrected chi connectivity index (χ0v) is 7.73. The highest BCUT2D eigenvalue weighted by atomic mass is 16.5. The molecule has 14 heavy (non-hydrogen) atoms. The normalized spacial score (nSPS) is 19.9. The Morgan fingerprint density at radius 1 is 1.57 bits per heavy atom. The summed E-state index contributed by atoms with van der Waals surface area (Å²) in [6, 6.07) is 7.71. The Morgan fingerprint density at radius 2 is 2.43 bits per heavy atom. The van der Waals surface area contributed by atoms with E-state index >= 15 is 0 Å². The second-order valence-corrected chi connectivity index (χ2v) is 3.28. The summed E-state index contributed by atoms with van der Waals surface area (Å²) in [5, 5.41) is 18.0. The Kier molecular flexibility index (Phi) is 2.49. The van der Waals surface area contributed by atoms with Gasteiger partial charge in [0.1, 0.15) is 6.10 Å². The van der Waals surface area contributed by atoms with Gasteiger partial charge in [0.15, 0.2) is 0 Å². The molecule has 0 radical (unpaired) electrons. The van der Waals surface area contributed by atoms with Crippen molar-refractivity contribution < 1.29 is 9.84 Å². The van der Waals surface area contributed by atoms with E-state index in [0.717, 1.165) is 17.5 Å².